The molecule has 2 aromatic rings. The highest BCUT2D eigenvalue weighted by molar-refractivity contribution is 6.31. The number of aromatic hydroxyl groups is 2. The lowest BCUT2D eigenvalue weighted by Crippen LogP contribution is -2.00. The lowest BCUT2D eigenvalue weighted by atomic mass is 10.2. The average Bonchev–Trinajstić information content (AvgIpc) is 2.45. The number of nitrogens with zero attached hydrogens (tertiary/aromatic N) is 2. The number of benzene rings is 2. The zero-order valence-corrected chi connectivity index (χ0v) is 14.2. The van der Waals surface area contributed by atoms with Crippen LogP contribution in [0.4, 0.5) is 11.4 Å². The molecule has 0 bridgehead atoms. The maximum absolute atomic E-state index is 9.80. The number of halogens is 2. The van der Waals surface area contributed by atoms with Gasteiger partial charge in [0.15, 0.2) is 0 Å². The highest BCUT2D eigenvalue weighted by Crippen LogP contribution is 2.31. The maximum Gasteiger partial charge on any atom is 0.142 e. The van der Waals surface area contributed by atoms with Crippen molar-refractivity contribution in [2.45, 2.75) is 20.3 Å². The lowest BCUT2D eigenvalue weighted by Gasteiger charge is -2.05. The van der Waals surface area contributed by atoms with Crippen LogP contribution in [-0.4, -0.2) is 21.6 Å². The van der Waals surface area contributed by atoms with Gasteiger partial charge in [0.05, 0.1) is 0 Å². The first-order valence-corrected chi connectivity index (χ1v) is 7.66. The minimum atomic E-state index is 0.0294. The zero-order chi connectivity index (χ0) is 17.0. The summed E-state index contributed by atoms with van der Waals surface area (Å²) in [7, 11) is 0. The van der Waals surface area contributed by atoms with Crippen molar-refractivity contribution in [2.75, 3.05) is 0 Å². The van der Waals surface area contributed by atoms with Gasteiger partial charge < -0.3 is 10.2 Å². The molecule has 4 nitrogen and oxygen atoms in total. The summed E-state index contributed by atoms with van der Waals surface area (Å²) in [6.45, 7) is 3.68. The molecule has 0 atom stereocenters. The second kappa shape index (κ2) is 7.49. The molecule has 0 unspecified atom stereocenters. The van der Waals surface area contributed by atoms with Crippen molar-refractivity contribution in [1.29, 1.82) is 0 Å². The molecule has 2 N–H and O–H groups in total. The van der Waals surface area contributed by atoms with Gasteiger partial charge in [0.1, 0.15) is 22.9 Å². The van der Waals surface area contributed by atoms with Gasteiger partial charge in [-0.2, -0.15) is 0 Å². The molecule has 120 valence electrons. The molecule has 0 aromatic heterocycles. The van der Waals surface area contributed by atoms with E-state index in [0.29, 0.717) is 27.8 Å². The molecule has 2 rings (SSSR count). The van der Waals surface area contributed by atoms with Crippen LogP contribution in [-0.2, 0) is 0 Å². The van der Waals surface area contributed by atoms with Crippen LogP contribution in [0.1, 0.15) is 20.3 Å². The van der Waals surface area contributed by atoms with Crippen molar-refractivity contribution in [3.05, 3.63) is 46.4 Å². The van der Waals surface area contributed by atoms with E-state index in [-0.39, 0.29) is 11.5 Å². The first-order valence-electron chi connectivity index (χ1n) is 6.90. The number of hydrogen-bond donors (Lipinski definition) is 2. The number of hydrogen-bond acceptors (Lipinski definition) is 4. The molecule has 23 heavy (non-hydrogen) atoms. The predicted molar refractivity (Wildman–Crippen MR) is 96.4 cm³/mol. The van der Waals surface area contributed by atoms with E-state index >= 15 is 0 Å². The highest BCUT2D eigenvalue weighted by Gasteiger charge is 2.04. The van der Waals surface area contributed by atoms with E-state index in [1.54, 1.807) is 24.3 Å². The number of rotatable bonds is 4. The van der Waals surface area contributed by atoms with Gasteiger partial charge in [-0.15, -0.1) is 0 Å². The molecule has 0 saturated heterocycles. The SMILES string of the molecule is CC(CC(C)=Nc1ccc(Cl)cc1O)=Nc1ccc(Cl)cc1O. The van der Waals surface area contributed by atoms with Crippen molar-refractivity contribution in [3.63, 3.8) is 0 Å². The first-order chi connectivity index (χ1) is 10.8. The van der Waals surface area contributed by atoms with Crippen LogP contribution >= 0.6 is 23.2 Å². The van der Waals surface area contributed by atoms with Crippen LogP contribution in [0.3, 0.4) is 0 Å². The Hall–Kier alpha value is -2.04. The summed E-state index contributed by atoms with van der Waals surface area (Å²) < 4.78 is 0. The summed E-state index contributed by atoms with van der Waals surface area (Å²) in [5.41, 5.74) is 2.46. The maximum atomic E-state index is 9.80. The third kappa shape index (κ3) is 4.98. The highest BCUT2D eigenvalue weighted by atomic mass is 35.5. The molecule has 0 aliphatic heterocycles. The van der Waals surface area contributed by atoms with Crippen LogP contribution < -0.4 is 0 Å². The van der Waals surface area contributed by atoms with Crippen molar-refractivity contribution in [1.82, 2.24) is 0 Å². The summed E-state index contributed by atoms with van der Waals surface area (Å²) in [4.78, 5) is 8.72. The molecule has 0 heterocycles. The van der Waals surface area contributed by atoms with Crippen molar-refractivity contribution in [3.8, 4) is 11.5 Å². The van der Waals surface area contributed by atoms with Crippen LogP contribution in [0.15, 0.2) is 46.4 Å². The zero-order valence-electron chi connectivity index (χ0n) is 12.7. The molecule has 0 radical (unpaired) electrons. The van der Waals surface area contributed by atoms with Gasteiger partial charge in [0.2, 0.25) is 0 Å². The normalized spacial score (nSPS) is 12.5. The Morgan fingerprint density at radius 1 is 0.826 bits per heavy atom. The summed E-state index contributed by atoms with van der Waals surface area (Å²) in [5.74, 6) is 0.0589. The molecule has 6 heteroatoms. The predicted octanol–water partition coefficient (Wildman–Crippen LogP) is 5.68. The van der Waals surface area contributed by atoms with E-state index < -0.39 is 0 Å². The Kier molecular flexibility index (Phi) is 5.64. The van der Waals surface area contributed by atoms with Crippen LogP contribution in [0.5, 0.6) is 11.5 Å². The van der Waals surface area contributed by atoms with E-state index in [9.17, 15) is 10.2 Å². The van der Waals surface area contributed by atoms with Crippen molar-refractivity contribution >= 4 is 46.0 Å². The Morgan fingerprint density at radius 3 is 1.57 bits per heavy atom. The minimum absolute atomic E-state index is 0.0294. The minimum Gasteiger partial charge on any atom is -0.506 e. The van der Waals surface area contributed by atoms with Gasteiger partial charge >= 0.3 is 0 Å². The third-order valence-corrected chi connectivity index (χ3v) is 3.48. The average molecular weight is 351 g/mol. The molecule has 2 aromatic carbocycles. The van der Waals surface area contributed by atoms with Gasteiger partial charge in [-0.3, -0.25) is 9.98 Å². The van der Waals surface area contributed by atoms with Crippen LogP contribution in [0.25, 0.3) is 0 Å². The van der Waals surface area contributed by atoms with Crippen LogP contribution in [0.2, 0.25) is 10.0 Å². The molecule has 0 spiro atoms. The molecule has 0 aliphatic carbocycles. The number of phenols is 2. The standard InChI is InChI=1S/C17H16Cl2N2O2/c1-10(20-14-5-3-12(18)8-16(14)22)7-11(2)21-15-6-4-13(19)9-17(15)23/h3-6,8-9,22-23H,7H2,1-2H3. The van der Waals surface area contributed by atoms with E-state index in [2.05, 4.69) is 9.98 Å². The lowest BCUT2D eigenvalue weighted by molar-refractivity contribution is 0.476. The van der Waals surface area contributed by atoms with Gasteiger partial charge in [-0.25, -0.2) is 0 Å². The Morgan fingerprint density at radius 2 is 1.22 bits per heavy atom. The quantitative estimate of drug-likeness (QED) is 0.696. The molecule has 0 amide bonds. The van der Waals surface area contributed by atoms with Crippen LogP contribution in [0, 0.1) is 0 Å². The van der Waals surface area contributed by atoms with Crippen molar-refractivity contribution in [2.24, 2.45) is 9.98 Å². The number of aliphatic imine (C=N–C) groups is 2. The summed E-state index contributed by atoms with van der Waals surface area (Å²) >= 11 is 11.6. The number of phenolic OH excluding ortho intramolecular Hbond substituents is 2. The van der Waals surface area contributed by atoms with E-state index in [1.807, 2.05) is 13.8 Å². The fourth-order valence-corrected chi connectivity index (χ4v) is 2.38. The Labute approximate surface area is 144 Å². The monoisotopic (exact) mass is 350 g/mol. The molecule has 0 fully saturated rings. The van der Waals surface area contributed by atoms with E-state index in [4.69, 9.17) is 23.2 Å². The molecule has 0 aliphatic rings. The van der Waals surface area contributed by atoms with E-state index in [1.165, 1.54) is 12.1 Å². The van der Waals surface area contributed by atoms with E-state index in [0.717, 1.165) is 11.4 Å². The summed E-state index contributed by atoms with van der Waals surface area (Å²) in [6.07, 6.45) is 0.504. The van der Waals surface area contributed by atoms with Gasteiger partial charge in [0.25, 0.3) is 0 Å². The van der Waals surface area contributed by atoms with Gasteiger partial charge in [-0.1, -0.05) is 23.2 Å². The largest absolute Gasteiger partial charge is 0.506 e. The van der Waals surface area contributed by atoms with Gasteiger partial charge in [0, 0.05) is 40.0 Å². The van der Waals surface area contributed by atoms with Crippen molar-refractivity contribution < 1.29 is 10.2 Å². The Balaban J connectivity index is 2.16. The third-order valence-electron chi connectivity index (χ3n) is 3.01. The summed E-state index contributed by atoms with van der Waals surface area (Å²) in [6, 6.07) is 9.53. The van der Waals surface area contributed by atoms with Gasteiger partial charge in [-0.05, 0) is 38.1 Å². The molecular formula is C17H16Cl2N2O2. The molecule has 0 saturated carbocycles. The first kappa shape index (κ1) is 17.3. The smallest absolute Gasteiger partial charge is 0.142 e. The second-order valence-corrected chi connectivity index (χ2v) is 6.01. The summed E-state index contributed by atoms with van der Waals surface area (Å²) in [5, 5.41) is 20.5. The molecular weight excluding hydrogens is 335 g/mol. The second-order valence-electron chi connectivity index (χ2n) is 5.14. The topological polar surface area (TPSA) is 65.2 Å². The Bertz CT molecular complexity index is 721. The fraction of sp³-hybridized carbons (Fsp3) is 0.176. The fourth-order valence-electron chi connectivity index (χ4n) is 2.04.